The predicted octanol–water partition coefficient (Wildman–Crippen LogP) is 2.66. The highest BCUT2D eigenvalue weighted by atomic mass is 35.5. The Morgan fingerprint density at radius 2 is 2.22 bits per heavy atom. The van der Waals surface area contributed by atoms with Gasteiger partial charge in [-0.25, -0.2) is 4.98 Å². The Hall–Kier alpha value is -0.800. The van der Waals surface area contributed by atoms with E-state index < -0.39 is 0 Å². The van der Waals surface area contributed by atoms with Gasteiger partial charge >= 0.3 is 0 Å². The second kappa shape index (κ2) is 5.89. The van der Waals surface area contributed by atoms with E-state index in [0.29, 0.717) is 11.9 Å². The fourth-order valence-electron chi connectivity index (χ4n) is 2.69. The first-order chi connectivity index (χ1) is 8.61. The maximum Gasteiger partial charge on any atom is 0.131 e. The van der Waals surface area contributed by atoms with Gasteiger partial charge in [-0.15, -0.1) is 11.6 Å². The summed E-state index contributed by atoms with van der Waals surface area (Å²) in [6.45, 7) is 7.75. The zero-order valence-electron chi connectivity index (χ0n) is 11.5. The van der Waals surface area contributed by atoms with Crippen molar-refractivity contribution >= 4 is 17.4 Å². The van der Waals surface area contributed by atoms with Crippen molar-refractivity contribution in [3.05, 3.63) is 23.4 Å². The van der Waals surface area contributed by atoms with Crippen molar-refractivity contribution in [1.29, 1.82) is 0 Å². The molecule has 0 radical (unpaired) electrons. The normalized spacial score (nSPS) is 22.0. The number of likely N-dealkylation sites (N-methyl/N-ethyl adjacent to an activating group) is 1. The van der Waals surface area contributed by atoms with E-state index in [9.17, 15) is 0 Å². The molecule has 0 spiro atoms. The highest BCUT2D eigenvalue weighted by Crippen LogP contribution is 2.23. The summed E-state index contributed by atoms with van der Waals surface area (Å²) in [7, 11) is 2.19. The molecule has 0 aliphatic carbocycles. The van der Waals surface area contributed by atoms with Crippen LogP contribution in [0.2, 0.25) is 0 Å². The molecule has 1 aliphatic rings. The summed E-state index contributed by atoms with van der Waals surface area (Å²) in [4.78, 5) is 9.44. The molecule has 100 valence electrons. The third-order valence-corrected chi connectivity index (χ3v) is 3.89. The number of pyridine rings is 1. The van der Waals surface area contributed by atoms with Crippen molar-refractivity contribution in [2.75, 3.05) is 31.6 Å². The first-order valence-electron chi connectivity index (χ1n) is 6.58. The van der Waals surface area contributed by atoms with Gasteiger partial charge in [-0.05, 0) is 51.1 Å². The van der Waals surface area contributed by atoms with Crippen molar-refractivity contribution in [1.82, 2.24) is 9.88 Å². The first-order valence-corrected chi connectivity index (χ1v) is 7.12. The highest BCUT2D eigenvalue weighted by molar-refractivity contribution is 6.17. The maximum atomic E-state index is 5.85. The molecule has 1 unspecified atom stereocenters. The Kier molecular flexibility index (Phi) is 4.46. The van der Waals surface area contributed by atoms with Gasteiger partial charge in [-0.3, -0.25) is 0 Å². The van der Waals surface area contributed by atoms with Crippen LogP contribution in [0.3, 0.4) is 0 Å². The van der Waals surface area contributed by atoms with E-state index in [-0.39, 0.29) is 0 Å². The topological polar surface area (TPSA) is 19.4 Å². The van der Waals surface area contributed by atoms with Crippen LogP contribution in [0.1, 0.15) is 24.5 Å². The van der Waals surface area contributed by atoms with E-state index in [4.69, 9.17) is 11.6 Å². The molecule has 1 aromatic rings. The number of hydrogen-bond acceptors (Lipinski definition) is 3. The van der Waals surface area contributed by atoms with Crippen LogP contribution in [-0.4, -0.2) is 42.6 Å². The molecule has 1 atom stereocenters. The molecule has 18 heavy (non-hydrogen) atoms. The fraction of sp³-hybridized carbons (Fsp3) is 0.643. The van der Waals surface area contributed by atoms with E-state index >= 15 is 0 Å². The van der Waals surface area contributed by atoms with Crippen LogP contribution in [0.15, 0.2) is 12.3 Å². The summed E-state index contributed by atoms with van der Waals surface area (Å²) >= 11 is 5.85. The van der Waals surface area contributed by atoms with Crippen molar-refractivity contribution in [2.24, 2.45) is 0 Å². The Bertz CT molecular complexity index is 408. The fourth-order valence-corrected chi connectivity index (χ4v) is 2.83. The molecule has 1 aromatic heterocycles. The zero-order chi connectivity index (χ0) is 13.1. The number of hydrogen-bond donors (Lipinski definition) is 0. The maximum absolute atomic E-state index is 5.85. The summed E-state index contributed by atoms with van der Waals surface area (Å²) in [6, 6.07) is 2.65. The van der Waals surface area contributed by atoms with E-state index in [0.717, 1.165) is 24.5 Å². The van der Waals surface area contributed by atoms with E-state index in [1.165, 1.54) is 18.5 Å². The molecule has 0 saturated carbocycles. The monoisotopic (exact) mass is 267 g/mol. The van der Waals surface area contributed by atoms with Gasteiger partial charge in [0.1, 0.15) is 5.82 Å². The zero-order valence-corrected chi connectivity index (χ0v) is 12.2. The van der Waals surface area contributed by atoms with Crippen molar-refractivity contribution < 1.29 is 0 Å². The van der Waals surface area contributed by atoms with Gasteiger partial charge in [-0.1, -0.05) is 0 Å². The lowest BCUT2D eigenvalue weighted by Gasteiger charge is -2.30. The average molecular weight is 268 g/mol. The molecule has 0 aromatic carbocycles. The number of aromatic nitrogens is 1. The molecule has 2 heterocycles. The largest absolute Gasteiger partial charge is 0.352 e. The number of aryl methyl sites for hydroxylation is 1. The van der Waals surface area contributed by atoms with Crippen molar-refractivity contribution in [3.63, 3.8) is 0 Å². The second-order valence-corrected chi connectivity index (χ2v) is 5.54. The Morgan fingerprint density at radius 3 is 2.89 bits per heavy atom. The number of halogens is 1. The van der Waals surface area contributed by atoms with Crippen LogP contribution in [-0.2, 0) is 5.88 Å². The number of alkyl halides is 1. The third kappa shape index (κ3) is 2.96. The molecule has 4 heteroatoms. The SMILES string of the molecule is Cc1cc(CCl)cnc1N1CCCN(C)CC1C. The van der Waals surface area contributed by atoms with Crippen LogP contribution in [0.5, 0.6) is 0 Å². The number of anilines is 1. The van der Waals surface area contributed by atoms with E-state index in [1.54, 1.807) is 0 Å². The molecule has 3 nitrogen and oxygen atoms in total. The third-order valence-electron chi connectivity index (χ3n) is 3.58. The lowest BCUT2D eigenvalue weighted by atomic mass is 10.2. The van der Waals surface area contributed by atoms with Crippen molar-refractivity contribution in [3.8, 4) is 0 Å². The van der Waals surface area contributed by atoms with Crippen molar-refractivity contribution in [2.45, 2.75) is 32.2 Å². The molecule has 1 aliphatic heterocycles. The lowest BCUT2D eigenvalue weighted by molar-refractivity contribution is 0.337. The summed E-state index contributed by atoms with van der Waals surface area (Å²) in [5.74, 6) is 1.65. The minimum Gasteiger partial charge on any atom is -0.352 e. The summed E-state index contributed by atoms with van der Waals surface area (Å²) < 4.78 is 0. The standard InChI is InChI=1S/C14H22ClN3/c1-11-7-13(8-15)9-16-14(11)18-6-4-5-17(3)10-12(18)2/h7,9,12H,4-6,8,10H2,1-3H3. The van der Waals surface area contributed by atoms with Gasteiger partial charge < -0.3 is 9.80 Å². The predicted molar refractivity (Wildman–Crippen MR) is 77.5 cm³/mol. The molecule has 1 fully saturated rings. The summed E-state index contributed by atoms with van der Waals surface area (Å²) in [5, 5.41) is 0. The lowest BCUT2D eigenvalue weighted by Crippen LogP contribution is -2.38. The minimum absolute atomic E-state index is 0.505. The van der Waals surface area contributed by atoms with Gasteiger partial charge in [0.2, 0.25) is 0 Å². The van der Waals surface area contributed by atoms with Gasteiger partial charge in [0, 0.05) is 31.2 Å². The second-order valence-electron chi connectivity index (χ2n) is 5.28. The number of rotatable bonds is 2. The average Bonchev–Trinajstić information content (AvgIpc) is 2.50. The molecule has 1 saturated heterocycles. The molecular formula is C14H22ClN3. The molecule has 0 bridgehead atoms. The first kappa shape index (κ1) is 13.6. The quantitative estimate of drug-likeness (QED) is 0.768. The van der Waals surface area contributed by atoms with Crippen LogP contribution in [0, 0.1) is 6.92 Å². The molecular weight excluding hydrogens is 246 g/mol. The van der Waals surface area contributed by atoms with Gasteiger partial charge in [0.05, 0.1) is 0 Å². The molecule has 0 amide bonds. The highest BCUT2D eigenvalue weighted by Gasteiger charge is 2.21. The van der Waals surface area contributed by atoms with Gasteiger partial charge in [0.15, 0.2) is 0 Å². The Labute approximate surface area is 115 Å². The smallest absolute Gasteiger partial charge is 0.131 e. The van der Waals surface area contributed by atoms with Gasteiger partial charge in [0.25, 0.3) is 0 Å². The minimum atomic E-state index is 0.505. The summed E-state index contributed by atoms with van der Waals surface area (Å²) in [5.41, 5.74) is 2.32. The number of nitrogens with zero attached hydrogens (tertiary/aromatic N) is 3. The summed E-state index contributed by atoms with van der Waals surface area (Å²) in [6.07, 6.45) is 3.09. The van der Waals surface area contributed by atoms with Crippen LogP contribution >= 0.6 is 11.6 Å². The van der Waals surface area contributed by atoms with E-state index in [1.807, 2.05) is 6.20 Å². The Morgan fingerprint density at radius 1 is 1.44 bits per heavy atom. The van der Waals surface area contributed by atoms with Crippen LogP contribution < -0.4 is 4.90 Å². The van der Waals surface area contributed by atoms with Crippen LogP contribution in [0.4, 0.5) is 5.82 Å². The molecule has 2 rings (SSSR count). The van der Waals surface area contributed by atoms with E-state index in [2.05, 4.69) is 41.7 Å². The Balaban J connectivity index is 2.24. The molecule has 0 N–H and O–H groups in total. The van der Waals surface area contributed by atoms with Gasteiger partial charge in [-0.2, -0.15) is 0 Å². The van der Waals surface area contributed by atoms with Crippen LogP contribution in [0.25, 0.3) is 0 Å².